The Bertz CT molecular complexity index is 640. The first kappa shape index (κ1) is 12.6. The average Bonchev–Trinajstić information content (AvgIpc) is 2.91. The van der Waals surface area contributed by atoms with Crippen molar-refractivity contribution < 1.29 is 4.79 Å². The lowest BCUT2D eigenvalue weighted by molar-refractivity contribution is -0.117. The fraction of sp³-hybridized carbons (Fsp3) is 0.250. The minimum absolute atomic E-state index is 0.00795. The minimum atomic E-state index is -0.252. The average molecular weight is 292 g/mol. The molecule has 0 spiro atoms. The first-order valence-corrected chi connectivity index (χ1v) is 7.36. The van der Waals surface area contributed by atoms with Crippen molar-refractivity contribution in [1.29, 1.82) is 0 Å². The Morgan fingerprint density at radius 3 is 3.00 bits per heavy atom. The number of nitrogens with zero attached hydrogens (tertiary/aromatic N) is 2. The lowest BCUT2D eigenvalue weighted by atomic mass is 10.1. The monoisotopic (exact) mass is 292 g/mol. The lowest BCUT2D eigenvalue weighted by Gasteiger charge is -2.06. The van der Waals surface area contributed by atoms with E-state index in [4.69, 9.17) is 0 Å². The fourth-order valence-electron chi connectivity index (χ4n) is 2.01. The standard InChI is InChI=1S/C12H12N4OS2/c1-6-14-12(19-16-6)18-7-3-4-8-9(5-7)15-11(17)10(8)13-2/h3-5,10,13H,1-2H3,(H,15,17). The molecular weight excluding hydrogens is 280 g/mol. The third kappa shape index (κ3) is 2.36. The quantitative estimate of drug-likeness (QED) is 0.908. The molecule has 1 aromatic heterocycles. The Morgan fingerprint density at radius 2 is 2.32 bits per heavy atom. The van der Waals surface area contributed by atoms with Gasteiger partial charge in [0.1, 0.15) is 11.9 Å². The summed E-state index contributed by atoms with van der Waals surface area (Å²) in [7, 11) is 1.78. The molecule has 0 radical (unpaired) electrons. The van der Waals surface area contributed by atoms with Gasteiger partial charge in [0.05, 0.1) is 0 Å². The smallest absolute Gasteiger partial charge is 0.246 e. The van der Waals surface area contributed by atoms with Gasteiger partial charge < -0.3 is 10.6 Å². The van der Waals surface area contributed by atoms with Gasteiger partial charge in [0, 0.05) is 16.1 Å². The van der Waals surface area contributed by atoms with Crippen molar-refractivity contribution in [2.75, 3.05) is 12.4 Å². The van der Waals surface area contributed by atoms with Crippen LogP contribution < -0.4 is 10.6 Å². The maximum Gasteiger partial charge on any atom is 0.246 e. The summed E-state index contributed by atoms with van der Waals surface area (Å²) in [6.45, 7) is 1.88. The van der Waals surface area contributed by atoms with Crippen molar-refractivity contribution in [1.82, 2.24) is 14.7 Å². The van der Waals surface area contributed by atoms with E-state index >= 15 is 0 Å². The molecular formula is C12H12N4OS2. The first-order chi connectivity index (χ1) is 9.17. The molecule has 1 aliphatic heterocycles. The molecule has 1 aromatic carbocycles. The molecule has 1 amide bonds. The Morgan fingerprint density at radius 1 is 1.47 bits per heavy atom. The summed E-state index contributed by atoms with van der Waals surface area (Å²) in [6.07, 6.45) is 0. The summed E-state index contributed by atoms with van der Waals surface area (Å²) in [6, 6.07) is 5.71. The van der Waals surface area contributed by atoms with E-state index in [1.165, 1.54) is 11.5 Å². The summed E-state index contributed by atoms with van der Waals surface area (Å²) in [5.41, 5.74) is 1.86. The zero-order valence-corrected chi connectivity index (χ0v) is 12.1. The second-order valence-electron chi connectivity index (χ2n) is 4.17. The van der Waals surface area contributed by atoms with E-state index in [1.807, 2.05) is 25.1 Å². The summed E-state index contributed by atoms with van der Waals surface area (Å²) in [5.74, 6) is 0.781. The zero-order valence-electron chi connectivity index (χ0n) is 10.4. The molecule has 0 saturated carbocycles. The van der Waals surface area contributed by atoms with Gasteiger partial charge in [0.2, 0.25) is 5.91 Å². The van der Waals surface area contributed by atoms with Gasteiger partial charge in [0.25, 0.3) is 0 Å². The van der Waals surface area contributed by atoms with Gasteiger partial charge in [-0.1, -0.05) is 17.8 Å². The molecule has 1 atom stereocenters. The molecule has 2 aromatic rings. The van der Waals surface area contributed by atoms with Gasteiger partial charge in [-0.05, 0) is 37.6 Å². The molecule has 0 fully saturated rings. The number of carbonyl (C=O) groups excluding carboxylic acids is 1. The second-order valence-corrected chi connectivity index (χ2v) is 6.24. The van der Waals surface area contributed by atoms with E-state index in [1.54, 1.807) is 18.8 Å². The molecule has 2 N–H and O–H groups in total. The molecule has 1 aliphatic rings. The first-order valence-electron chi connectivity index (χ1n) is 5.77. The number of carbonyl (C=O) groups is 1. The Labute approximate surface area is 119 Å². The lowest BCUT2D eigenvalue weighted by Crippen LogP contribution is -2.23. The Kier molecular flexibility index (Phi) is 3.26. The van der Waals surface area contributed by atoms with Gasteiger partial charge in [-0.3, -0.25) is 4.79 Å². The van der Waals surface area contributed by atoms with Crippen molar-refractivity contribution in [3.8, 4) is 0 Å². The third-order valence-electron chi connectivity index (χ3n) is 2.86. The predicted molar refractivity (Wildman–Crippen MR) is 75.6 cm³/mol. The van der Waals surface area contributed by atoms with Crippen molar-refractivity contribution in [3.63, 3.8) is 0 Å². The van der Waals surface area contributed by atoms with Crippen LogP contribution in [-0.2, 0) is 4.79 Å². The van der Waals surface area contributed by atoms with Crippen LogP contribution in [0.3, 0.4) is 0 Å². The molecule has 98 valence electrons. The number of aryl methyl sites for hydroxylation is 1. The number of likely N-dealkylation sites (N-methyl/N-ethyl adjacent to an activating group) is 1. The molecule has 19 heavy (non-hydrogen) atoms. The van der Waals surface area contributed by atoms with Crippen molar-refractivity contribution in [2.45, 2.75) is 22.2 Å². The number of hydrogen-bond donors (Lipinski definition) is 2. The minimum Gasteiger partial charge on any atom is -0.324 e. The highest BCUT2D eigenvalue weighted by Gasteiger charge is 2.29. The van der Waals surface area contributed by atoms with E-state index in [9.17, 15) is 4.79 Å². The number of rotatable bonds is 3. The van der Waals surface area contributed by atoms with E-state index < -0.39 is 0 Å². The predicted octanol–water partition coefficient (Wildman–Crippen LogP) is 2.21. The van der Waals surface area contributed by atoms with Gasteiger partial charge in [-0.25, -0.2) is 4.98 Å². The summed E-state index contributed by atoms with van der Waals surface area (Å²) in [4.78, 5) is 17.1. The van der Waals surface area contributed by atoms with Crippen LogP contribution in [0.5, 0.6) is 0 Å². The van der Waals surface area contributed by atoms with Crippen LogP contribution in [0, 0.1) is 6.92 Å². The molecule has 0 bridgehead atoms. The molecule has 0 aliphatic carbocycles. The van der Waals surface area contributed by atoms with Crippen molar-refractivity contribution in [3.05, 3.63) is 29.6 Å². The fourth-order valence-corrected chi connectivity index (χ4v) is 3.68. The molecule has 1 unspecified atom stereocenters. The summed E-state index contributed by atoms with van der Waals surface area (Å²) < 4.78 is 5.06. The number of amides is 1. The molecule has 7 heteroatoms. The number of nitrogens with one attached hydrogen (secondary N) is 2. The van der Waals surface area contributed by atoms with Gasteiger partial charge in [-0.15, -0.1) is 0 Å². The Hall–Kier alpha value is -1.44. The molecule has 0 saturated heterocycles. The van der Waals surface area contributed by atoms with Crippen molar-refractivity contribution in [2.24, 2.45) is 0 Å². The molecule has 2 heterocycles. The maximum absolute atomic E-state index is 11.7. The second kappa shape index (κ2) is 4.92. The van der Waals surface area contributed by atoms with Crippen molar-refractivity contribution >= 4 is 34.9 Å². The number of benzene rings is 1. The summed E-state index contributed by atoms with van der Waals surface area (Å²) >= 11 is 2.94. The van der Waals surface area contributed by atoms with Crippen LogP contribution in [0.2, 0.25) is 0 Å². The maximum atomic E-state index is 11.7. The van der Waals surface area contributed by atoms with E-state index in [0.717, 1.165) is 26.3 Å². The van der Waals surface area contributed by atoms with Crippen LogP contribution in [0.4, 0.5) is 5.69 Å². The van der Waals surface area contributed by atoms with E-state index in [-0.39, 0.29) is 11.9 Å². The number of fused-ring (bicyclic) bond motifs is 1. The number of aromatic nitrogens is 2. The SMILES string of the molecule is CNC1C(=O)Nc2cc(Sc3nc(C)ns3)ccc21. The largest absolute Gasteiger partial charge is 0.324 e. The van der Waals surface area contributed by atoms with Gasteiger partial charge in [-0.2, -0.15) is 4.37 Å². The highest BCUT2D eigenvalue weighted by Crippen LogP contribution is 2.36. The third-order valence-corrected chi connectivity index (χ3v) is 4.69. The van der Waals surface area contributed by atoms with Crippen LogP contribution in [-0.4, -0.2) is 22.3 Å². The van der Waals surface area contributed by atoms with E-state index in [2.05, 4.69) is 20.0 Å². The van der Waals surface area contributed by atoms with Crippen LogP contribution in [0.25, 0.3) is 0 Å². The van der Waals surface area contributed by atoms with Crippen LogP contribution >= 0.6 is 23.3 Å². The zero-order chi connectivity index (χ0) is 13.4. The molecule has 5 nitrogen and oxygen atoms in total. The van der Waals surface area contributed by atoms with Gasteiger partial charge in [0.15, 0.2) is 4.34 Å². The van der Waals surface area contributed by atoms with Crippen LogP contribution in [0.1, 0.15) is 17.4 Å². The molecule has 3 rings (SSSR count). The number of anilines is 1. The van der Waals surface area contributed by atoms with Crippen LogP contribution in [0.15, 0.2) is 27.4 Å². The topological polar surface area (TPSA) is 66.9 Å². The Balaban J connectivity index is 1.87. The van der Waals surface area contributed by atoms with Gasteiger partial charge >= 0.3 is 0 Å². The number of hydrogen-bond acceptors (Lipinski definition) is 6. The normalized spacial score (nSPS) is 17.4. The van der Waals surface area contributed by atoms with E-state index in [0.29, 0.717) is 0 Å². The highest BCUT2D eigenvalue weighted by molar-refractivity contribution is 8.01. The summed E-state index contributed by atoms with van der Waals surface area (Å²) in [5, 5.41) is 5.89. The highest BCUT2D eigenvalue weighted by atomic mass is 32.2.